The molecule has 6 heteroatoms. The van der Waals surface area contributed by atoms with Gasteiger partial charge in [0.15, 0.2) is 0 Å². The molecule has 2 N–H and O–H groups in total. The topological polar surface area (TPSA) is 66.4 Å². The minimum absolute atomic E-state index is 0.0294. The van der Waals surface area contributed by atoms with Crippen LogP contribution in [0.1, 0.15) is 32.3 Å². The van der Waals surface area contributed by atoms with Gasteiger partial charge in [0, 0.05) is 16.6 Å². The van der Waals surface area contributed by atoms with Crippen molar-refractivity contribution in [1.82, 2.24) is 5.32 Å². The molecule has 0 unspecified atom stereocenters. The fourth-order valence-electron chi connectivity index (χ4n) is 2.07. The van der Waals surface area contributed by atoms with E-state index in [2.05, 4.69) is 5.32 Å². The van der Waals surface area contributed by atoms with Crippen molar-refractivity contribution in [2.45, 2.75) is 33.1 Å². The third-order valence-corrected chi connectivity index (χ3v) is 4.54. The van der Waals surface area contributed by atoms with Crippen molar-refractivity contribution >= 4 is 35.1 Å². The Kier molecular flexibility index (Phi) is 6.49. The number of rotatable bonds is 7. The fraction of sp³-hybridized carbons (Fsp3) is 0.467. The zero-order valence-corrected chi connectivity index (χ0v) is 13.6. The summed E-state index contributed by atoms with van der Waals surface area (Å²) in [6.45, 7) is 3.69. The van der Waals surface area contributed by atoms with E-state index in [-0.39, 0.29) is 18.9 Å². The van der Waals surface area contributed by atoms with Crippen LogP contribution in [0.25, 0.3) is 0 Å². The summed E-state index contributed by atoms with van der Waals surface area (Å²) in [5.74, 6) is -1.19. The highest BCUT2D eigenvalue weighted by Gasteiger charge is 2.35. The van der Waals surface area contributed by atoms with Crippen LogP contribution < -0.4 is 5.32 Å². The number of aliphatic carboxylic acids is 1. The molecule has 0 saturated heterocycles. The van der Waals surface area contributed by atoms with Crippen LogP contribution >= 0.6 is 23.2 Å². The Bertz CT molecular complexity index is 507. The van der Waals surface area contributed by atoms with E-state index in [9.17, 15) is 14.7 Å². The number of hydrogen-bond acceptors (Lipinski definition) is 2. The van der Waals surface area contributed by atoms with Gasteiger partial charge in [0.1, 0.15) is 0 Å². The van der Waals surface area contributed by atoms with Crippen molar-refractivity contribution in [3.63, 3.8) is 0 Å². The summed E-state index contributed by atoms with van der Waals surface area (Å²) in [5, 5.41) is 12.8. The average Bonchev–Trinajstić information content (AvgIpc) is 2.44. The van der Waals surface area contributed by atoms with Crippen molar-refractivity contribution in [2.75, 3.05) is 6.54 Å². The van der Waals surface area contributed by atoms with Gasteiger partial charge in [0.05, 0.1) is 11.8 Å². The van der Waals surface area contributed by atoms with Crippen LogP contribution in [-0.2, 0) is 16.0 Å². The van der Waals surface area contributed by atoms with Gasteiger partial charge >= 0.3 is 5.97 Å². The van der Waals surface area contributed by atoms with E-state index in [1.165, 1.54) is 0 Å². The van der Waals surface area contributed by atoms with Crippen molar-refractivity contribution in [2.24, 2.45) is 5.41 Å². The standard InChI is InChI=1S/C15H19Cl2NO3/c1-3-15(4-2,14(20)21)9-18-13(19)8-10-11(16)6-5-7-12(10)17/h5-7H,3-4,8-9H2,1-2H3,(H,18,19)(H,20,21). The summed E-state index contributed by atoms with van der Waals surface area (Å²) in [6.07, 6.45) is 0.930. The first-order chi connectivity index (χ1) is 9.86. The molecule has 4 nitrogen and oxygen atoms in total. The molecule has 0 aliphatic heterocycles. The van der Waals surface area contributed by atoms with Crippen LogP contribution in [0.2, 0.25) is 10.0 Å². The second kappa shape index (κ2) is 7.66. The van der Waals surface area contributed by atoms with Gasteiger partial charge in [-0.2, -0.15) is 0 Å². The number of carbonyl (C=O) groups excluding carboxylic acids is 1. The first kappa shape index (κ1) is 17.8. The lowest BCUT2D eigenvalue weighted by atomic mass is 9.82. The molecule has 1 aromatic rings. The van der Waals surface area contributed by atoms with Crippen molar-refractivity contribution in [1.29, 1.82) is 0 Å². The average molecular weight is 332 g/mol. The largest absolute Gasteiger partial charge is 0.481 e. The number of halogens is 2. The van der Waals surface area contributed by atoms with Crippen LogP contribution in [0.15, 0.2) is 18.2 Å². The molecule has 0 atom stereocenters. The smallest absolute Gasteiger partial charge is 0.311 e. The second-order valence-corrected chi connectivity index (χ2v) is 5.76. The molecule has 21 heavy (non-hydrogen) atoms. The Labute approximate surface area is 134 Å². The number of nitrogens with one attached hydrogen (secondary N) is 1. The molecular weight excluding hydrogens is 313 g/mol. The Morgan fingerprint density at radius 2 is 1.71 bits per heavy atom. The normalized spacial score (nSPS) is 11.2. The minimum atomic E-state index is -0.931. The predicted molar refractivity (Wildman–Crippen MR) is 83.8 cm³/mol. The van der Waals surface area contributed by atoms with E-state index in [4.69, 9.17) is 23.2 Å². The zero-order valence-electron chi connectivity index (χ0n) is 12.1. The zero-order chi connectivity index (χ0) is 16.0. The quantitative estimate of drug-likeness (QED) is 0.802. The Morgan fingerprint density at radius 1 is 1.19 bits per heavy atom. The summed E-state index contributed by atoms with van der Waals surface area (Å²) in [7, 11) is 0. The van der Waals surface area contributed by atoms with E-state index in [1.54, 1.807) is 32.0 Å². The number of carboxylic acids is 1. The van der Waals surface area contributed by atoms with Gasteiger partial charge in [-0.05, 0) is 30.5 Å². The lowest BCUT2D eigenvalue weighted by Gasteiger charge is -2.26. The highest BCUT2D eigenvalue weighted by Crippen LogP contribution is 2.27. The predicted octanol–water partition coefficient (Wildman–Crippen LogP) is 3.54. The van der Waals surface area contributed by atoms with Crippen molar-refractivity contribution in [3.05, 3.63) is 33.8 Å². The summed E-state index contributed by atoms with van der Waals surface area (Å²) in [6, 6.07) is 5.03. The van der Waals surface area contributed by atoms with E-state index in [0.29, 0.717) is 28.5 Å². The SMILES string of the molecule is CCC(CC)(CNC(=O)Cc1c(Cl)cccc1Cl)C(=O)O. The Hall–Kier alpha value is -1.26. The first-order valence-corrected chi connectivity index (χ1v) is 7.55. The molecule has 0 heterocycles. The maximum atomic E-state index is 12.0. The van der Waals surface area contributed by atoms with Gasteiger partial charge in [0.2, 0.25) is 5.91 Å². The number of hydrogen-bond donors (Lipinski definition) is 2. The van der Waals surface area contributed by atoms with Gasteiger partial charge in [-0.1, -0.05) is 43.1 Å². The molecule has 116 valence electrons. The maximum absolute atomic E-state index is 12.0. The van der Waals surface area contributed by atoms with Crippen molar-refractivity contribution in [3.8, 4) is 0 Å². The molecule has 0 bridgehead atoms. The second-order valence-electron chi connectivity index (χ2n) is 4.95. The molecule has 1 aromatic carbocycles. The van der Waals surface area contributed by atoms with Gasteiger partial charge in [-0.15, -0.1) is 0 Å². The maximum Gasteiger partial charge on any atom is 0.311 e. The van der Waals surface area contributed by atoms with Crippen molar-refractivity contribution < 1.29 is 14.7 Å². The van der Waals surface area contributed by atoms with E-state index < -0.39 is 11.4 Å². The number of carboxylic acid groups (broad SMARTS) is 1. The van der Waals surface area contributed by atoms with Gasteiger partial charge < -0.3 is 10.4 Å². The third-order valence-electron chi connectivity index (χ3n) is 3.83. The number of carbonyl (C=O) groups is 2. The molecule has 1 amide bonds. The van der Waals surface area contributed by atoms with Gasteiger partial charge in [-0.3, -0.25) is 9.59 Å². The third kappa shape index (κ3) is 4.35. The summed E-state index contributed by atoms with van der Waals surface area (Å²) < 4.78 is 0. The number of amides is 1. The van der Waals surface area contributed by atoms with Gasteiger partial charge in [0.25, 0.3) is 0 Å². The molecule has 0 saturated carbocycles. The van der Waals surface area contributed by atoms with Crippen LogP contribution in [0.5, 0.6) is 0 Å². The Morgan fingerprint density at radius 3 is 2.14 bits per heavy atom. The lowest BCUT2D eigenvalue weighted by molar-refractivity contribution is -0.149. The minimum Gasteiger partial charge on any atom is -0.481 e. The molecule has 0 aliphatic rings. The highest BCUT2D eigenvalue weighted by molar-refractivity contribution is 6.36. The Balaban J connectivity index is 2.72. The highest BCUT2D eigenvalue weighted by atomic mass is 35.5. The van der Waals surface area contributed by atoms with Crippen LogP contribution in [0.4, 0.5) is 0 Å². The lowest BCUT2D eigenvalue weighted by Crippen LogP contribution is -2.42. The fourth-order valence-corrected chi connectivity index (χ4v) is 2.60. The van der Waals surface area contributed by atoms with Crippen LogP contribution in [0.3, 0.4) is 0 Å². The molecule has 0 radical (unpaired) electrons. The molecule has 1 rings (SSSR count). The van der Waals surface area contributed by atoms with E-state index in [0.717, 1.165) is 0 Å². The molecule has 0 aromatic heterocycles. The molecule has 0 fully saturated rings. The first-order valence-electron chi connectivity index (χ1n) is 6.79. The summed E-state index contributed by atoms with van der Waals surface area (Å²) in [5.41, 5.74) is -0.382. The van der Waals surface area contributed by atoms with E-state index in [1.807, 2.05) is 0 Å². The molecule has 0 spiro atoms. The summed E-state index contributed by atoms with van der Waals surface area (Å²) >= 11 is 12.0. The monoisotopic (exact) mass is 331 g/mol. The molecule has 0 aliphatic carbocycles. The molecular formula is C15H19Cl2NO3. The number of benzene rings is 1. The van der Waals surface area contributed by atoms with Gasteiger partial charge in [-0.25, -0.2) is 0 Å². The van der Waals surface area contributed by atoms with Crippen LogP contribution in [-0.4, -0.2) is 23.5 Å². The van der Waals surface area contributed by atoms with Crippen LogP contribution in [0, 0.1) is 5.41 Å². The summed E-state index contributed by atoms with van der Waals surface area (Å²) in [4.78, 5) is 23.4. The van der Waals surface area contributed by atoms with E-state index >= 15 is 0 Å².